The largest absolute Gasteiger partial charge is 0.329 e. The van der Waals surface area contributed by atoms with E-state index in [1.54, 1.807) is 0 Å². The van der Waals surface area contributed by atoms with Crippen LogP contribution < -0.4 is 39.8 Å². The molecule has 122 valence electrons. The standard InChI is InChI=1S/C5H14N2.3C2H8N2/c1-4-5-6-7(2)3;3*3-1-2-4/h6H,4-5H2,1-3H3;3*1-4H2. The molecule has 0 saturated carbocycles. The second-order valence-corrected chi connectivity index (χ2v) is 3.53. The molecule has 0 aliphatic carbocycles. The number of hydrazine groups is 1. The molecule has 0 aliphatic heterocycles. The van der Waals surface area contributed by atoms with Crippen molar-refractivity contribution in [3.05, 3.63) is 0 Å². The summed E-state index contributed by atoms with van der Waals surface area (Å²) in [7, 11) is 3.99. The van der Waals surface area contributed by atoms with Gasteiger partial charge < -0.3 is 34.4 Å². The van der Waals surface area contributed by atoms with Gasteiger partial charge in [-0.2, -0.15) is 0 Å². The van der Waals surface area contributed by atoms with Gasteiger partial charge in [-0.15, -0.1) is 0 Å². The molecule has 0 bridgehead atoms. The lowest BCUT2D eigenvalue weighted by molar-refractivity contribution is 0.291. The normalized spacial score (nSPS) is 8.53. The first-order valence-electron chi connectivity index (χ1n) is 6.63. The van der Waals surface area contributed by atoms with Gasteiger partial charge in [0.1, 0.15) is 0 Å². The van der Waals surface area contributed by atoms with Crippen LogP contribution in [0.5, 0.6) is 0 Å². The van der Waals surface area contributed by atoms with Gasteiger partial charge in [-0.1, -0.05) is 6.92 Å². The predicted octanol–water partition coefficient (Wildman–Crippen LogP) is -2.83. The van der Waals surface area contributed by atoms with Gasteiger partial charge in [0.15, 0.2) is 0 Å². The Kier molecular flexibility index (Phi) is 51.4. The maximum Gasteiger partial charge on any atom is 0.00993 e. The molecule has 0 spiro atoms. The van der Waals surface area contributed by atoms with Crippen LogP contribution in [0.25, 0.3) is 0 Å². The summed E-state index contributed by atoms with van der Waals surface area (Å²) < 4.78 is 0. The van der Waals surface area contributed by atoms with E-state index in [4.69, 9.17) is 34.4 Å². The average Bonchev–Trinajstić information content (AvgIpc) is 2.45. The van der Waals surface area contributed by atoms with Crippen molar-refractivity contribution in [1.29, 1.82) is 0 Å². The Hall–Kier alpha value is -0.320. The van der Waals surface area contributed by atoms with Crippen LogP contribution in [-0.2, 0) is 0 Å². The van der Waals surface area contributed by atoms with Gasteiger partial charge in [-0.3, -0.25) is 10.4 Å². The summed E-state index contributed by atoms with van der Waals surface area (Å²) in [5.74, 6) is 0. The van der Waals surface area contributed by atoms with Gasteiger partial charge in [0.25, 0.3) is 0 Å². The zero-order valence-corrected chi connectivity index (χ0v) is 13.1. The molecule has 0 rings (SSSR count). The Bertz CT molecular complexity index is 87.2. The van der Waals surface area contributed by atoms with E-state index in [1.807, 2.05) is 19.1 Å². The molecule has 0 unspecified atom stereocenters. The lowest BCUT2D eigenvalue weighted by Crippen LogP contribution is -2.30. The minimum atomic E-state index is 0.597. The first-order chi connectivity index (χ1) is 9.01. The summed E-state index contributed by atoms with van der Waals surface area (Å²) in [5, 5.41) is 1.96. The van der Waals surface area contributed by atoms with E-state index in [0.29, 0.717) is 39.3 Å². The van der Waals surface area contributed by atoms with Crippen LogP contribution in [0, 0.1) is 0 Å². The number of hydrogen-bond donors (Lipinski definition) is 7. The minimum Gasteiger partial charge on any atom is -0.329 e. The Morgan fingerprint density at radius 3 is 1.00 bits per heavy atom. The van der Waals surface area contributed by atoms with Crippen molar-refractivity contribution in [2.45, 2.75) is 13.3 Å². The van der Waals surface area contributed by atoms with E-state index < -0.39 is 0 Å². The molecule has 19 heavy (non-hydrogen) atoms. The Labute approximate surface area is 119 Å². The Morgan fingerprint density at radius 1 is 0.684 bits per heavy atom. The molecule has 8 heteroatoms. The lowest BCUT2D eigenvalue weighted by Gasteiger charge is -2.08. The fourth-order valence-electron chi connectivity index (χ4n) is 0.335. The highest BCUT2D eigenvalue weighted by molar-refractivity contribution is 4.32. The molecule has 8 nitrogen and oxygen atoms in total. The van der Waals surface area contributed by atoms with Gasteiger partial charge in [0.2, 0.25) is 0 Å². The quantitative estimate of drug-likeness (QED) is 0.255. The van der Waals surface area contributed by atoms with Gasteiger partial charge >= 0.3 is 0 Å². The van der Waals surface area contributed by atoms with E-state index >= 15 is 0 Å². The lowest BCUT2D eigenvalue weighted by atomic mass is 10.5. The van der Waals surface area contributed by atoms with Crippen molar-refractivity contribution in [2.75, 3.05) is 59.9 Å². The highest BCUT2D eigenvalue weighted by Crippen LogP contribution is 1.68. The number of nitrogens with two attached hydrogens (primary N) is 6. The van der Waals surface area contributed by atoms with E-state index in [9.17, 15) is 0 Å². The number of nitrogens with one attached hydrogen (secondary N) is 1. The molecule has 0 fully saturated rings. The van der Waals surface area contributed by atoms with E-state index in [0.717, 1.165) is 6.54 Å². The number of rotatable bonds is 6. The van der Waals surface area contributed by atoms with Gasteiger partial charge in [0.05, 0.1) is 0 Å². The zero-order valence-electron chi connectivity index (χ0n) is 13.1. The zero-order chi connectivity index (χ0) is 15.9. The van der Waals surface area contributed by atoms with Crippen molar-refractivity contribution < 1.29 is 0 Å². The summed E-state index contributed by atoms with van der Waals surface area (Å²) >= 11 is 0. The topological polar surface area (TPSA) is 171 Å². The first-order valence-corrected chi connectivity index (χ1v) is 6.63. The van der Waals surface area contributed by atoms with Crippen LogP contribution in [0.1, 0.15) is 13.3 Å². The highest BCUT2D eigenvalue weighted by Gasteiger charge is 1.80. The molecule has 0 aliphatic rings. The summed E-state index contributed by atoms with van der Waals surface area (Å²) in [4.78, 5) is 0. The summed E-state index contributed by atoms with van der Waals surface area (Å²) in [6.07, 6.45) is 1.19. The molecule has 0 aromatic heterocycles. The van der Waals surface area contributed by atoms with Gasteiger partial charge in [0, 0.05) is 59.9 Å². The third-order valence-corrected chi connectivity index (χ3v) is 1.18. The van der Waals surface area contributed by atoms with E-state index in [-0.39, 0.29) is 0 Å². The third-order valence-electron chi connectivity index (χ3n) is 1.18. The Balaban J connectivity index is -0.0000000825. The van der Waals surface area contributed by atoms with Crippen molar-refractivity contribution in [2.24, 2.45) is 34.4 Å². The first kappa shape index (κ1) is 27.1. The van der Waals surface area contributed by atoms with E-state index in [1.165, 1.54) is 6.42 Å². The molecule has 0 heterocycles. The second kappa shape index (κ2) is 36.1. The summed E-state index contributed by atoms with van der Waals surface area (Å²) in [5.41, 5.74) is 32.5. The van der Waals surface area contributed by atoms with Gasteiger partial charge in [-0.25, -0.2) is 0 Å². The van der Waals surface area contributed by atoms with Gasteiger partial charge in [-0.05, 0) is 6.42 Å². The van der Waals surface area contributed by atoms with E-state index in [2.05, 4.69) is 12.3 Å². The van der Waals surface area contributed by atoms with Crippen LogP contribution in [0.15, 0.2) is 0 Å². The molecular formula is C11H38N8. The maximum atomic E-state index is 4.90. The van der Waals surface area contributed by atoms with Crippen molar-refractivity contribution in [1.82, 2.24) is 10.4 Å². The molecular weight excluding hydrogens is 244 g/mol. The van der Waals surface area contributed by atoms with Crippen LogP contribution in [0.3, 0.4) is 0 Å². The smallest absolute Gasteiger partial charge is 0.00993 e. The monoisotopic (exact) mass is 282 g/mol. The number of nitrogens with zero attached hydrogens (tertiary/aromatic N) is 1. The predicted molar refractivity (Wildman–Crippen MR) is 86.3 cm³/mol. The highest BCUT2D eigenvalue weighted by atomic mass is 15.5. The summed E-state index contributed by atoms with van der Waals surface area (Å²) in [6, 6.07) is 0. The SMILES string of the molecule is CCCNN(C)C.NCCN.NCCN.NCCN. The third kappa shape index (κ3) is 97.4. The second-order valence-electron chi connectivity index (χ2n) is 3.53. The van der Waals surface area contributed by atoms with Crippen molar-refractivity contribution in [3.8, 4) is 0 Å². The van der Waals surface area contributed by atoms with Crippen LogP contribution >= 0.6 is 0 Å². The molecule has 0 saturated heterocycles. The molecule has 0 radical (unpaired) electrons. The molecule has 0 amide bonds. The van der Waals surface area contributed by atoms with Crippen molar-refractivity contribution in [3.63, 3.8) is 0 Å². The minimum absolute atomic E-state index is 0.597. The van der Waals surface area contributed by atoms with Crippen molar-refractivity contribution >= 4 is 0 Å². The van der Waals surface area contributed by atoms with Crippen LogP contribution in [0.4, 0.5) is 0 Å². The molecule has 13 N–H and O–H groups in total. The summed E-state index contributed by atoms with van der Waals surface area (Å²) in [6.45, 7) is 6.81. The van der Waals surface area contributed by atoms with Crippen LogP contribution in [0.2, 0.25) is 0 Å². The maximum absolute atomic E-state index is 4.90. The molecule has 0 atom stereocenters. The molecule has 0 aromatic rings. The molecule has 0 aromatic carbocycles. The Morgan fingerprint density at radius 2 is 0.947 bits per heavy atom. The fourth-order valence-corrected chi connectivity index (χ4v) is 0.335. The number of hydrogen-bond acceptors (Lipinski definition) is 8. The average molecular weight is 282 g/mol. The van der Waals surface area contributed by atoms with Crippen LogP contribution in [-0.4, -0.2) is 64.9 Å². The fraction of sp³-hybridized carbons (Fsp3) is 1.00.